The molecule has 0 radical (unpaired) electrons. The summed E-state index contributed by atoms with van der Waals surface area (Å²) in [5, 5.41) is 0. The van der Waals surface area contributed by atoms with E-state index in [1.807, 2.05) is 24.4 Å². The van der Waals surface area contributed by atoms with Crippen LogP contribution in [0.4, 0.5) is 0 Å². The summed E-state index contributed by atoms with van der Waals surface area (Å²) in [5.41, 5.74) is 6.95. The van der Waals surface area contributed by atoms with Crippen molar-refractivity contribution >= 4 is 0 Å². The van der Waals surface area contributed by atoms with Crippen molar-refractivity contribution in [3.05, 3.63) is 30.1 Å². The van der Waals surface area contributed by atoms with Gasteiger partial charge in [-0.05, 0) is 25.6 Å². The summed E-state index contributed by atoms with van der Waals surface area (Å²) in [5.74, 6) is 0. The van der Waals surface area contributed by atoms with Crippen molar-refractivity contribution in [3.8, 4) is 0 Å². The first-order valence-corrected chi connectivity index (χ1v) is 5.66. The maximum absolute atomic E-state index is 5.88. The molecule has 1 atom stereocenters. The Morgan fingerprint density at radius 2 is 2.44 bits per heavy atom. The lowest BCUT2D eigenvalue weighted by Gasteiger charge is -2.36. The molecule has 0 aromatic carbocycles. The number of nitrogens with two attached hydrogens (primary N) is 1. The molecule has 16 heavy (non-hydrogen) atoms. The number of ether oxygens (including phenoxy) is 1. The lowest BCUT2D eigenvalue weighted by molar-refractivity contribution is 0.0873. The molecule has 1 aliphatic heterocycles. The van der Waals surface area contributed by atoms with Crippen LogP contribution in [0.25, 0.3) is 0 Å². The summed E-state index contributed by atoms with van der Waals surface area (Å²) in [6.07, 6.45) is 2.83. The van der Waals surface area contributed by atoms with Crippen molar-refractivity contribution in [3.63, 3.8) is 0 Å². The van der Waals surface area contributed by atoms with Gasteiger partial charge in [-0.2, -0.15) is 0 Å². The highest BCUT2D eigenvalue weighted by Gasteiger charge is 2.37. The molecular formula is C12H19N3O. The molecule has 0 bridgehead atoms. The third kappa shape index (κ3) is 2.24. The van der Waals surface area contributed by atoms with Gasteiger partial charge in [0, 0.05) is 25.9 Å². The van der Waals surface area contributed by atoms with E-state index in [2.05, 4.69) is 16.9 Å². The van der Waals surface area contributed by atoms with Crippen molar-refractivity contribution < 1.29 is 4.74 Å². The first-order chi connectivity index (χ1) is 7.77. The Morgan fingerprint density at radius 1 is 1.56 bits per heavy atom. The second-order valence-corrected chi connectivity index (χ2v) is 4.41. The number of hydrogen-bond donors (Lipinski definition) is 1. The van der Waals surface area contributed by atoms with Gasteiger partial charge in [0.05, 0.1) is 17.8 Å². The van der Waals surface area contributed by atoms with E-state index in [9.17, 15) is 0 Å². The van der Waals surface area contributed by atoms with E-state index in [1.54, 1.807) is 0 Å². The topological polar surface area (TPSA) is 51.4 Å². The maximum Gasteiger partial charge on any atom is 0.0663 e. The van der Waals surface area contributed by atoms with Crippen molar-refractivity contribution in [1.82, 2.24) is 9.88 Å². The summed E-state index contributed by atoms with van der Waals surface area (Å²) in [6.45, 7) is 2.99. The molecule has 1 fully saturated rings. The maximum atomic E-state index is 5.88. The Kier molecular flexibility index (Phi) is 3.53. The fraction of sp³-hybridized carbons (Fsp3) is 0.583. The molecule has 2 N–H and O–H groups in total. The average molecular weight is 221 g/mol. The van der Waals surface area contributed by atoms with Crippen LogP contribution in [-0.2, 0) is 11.3 Å². The van der Waals surface area contributed by atoms with E-state index in [4.69, 9.17) is 10.5 Å². The molecule has 2 heterocycles. The van der Waals surface area contributed by atoms with E-state index >= 15 is 0 Å². The molecule has 4 nitrogen and oxygen atoms in total. The minimum atomic E-state index is -0.00246. The van der Waals surface area contributed by atoms with Gasteiger partial charge in [0.1, 0.15) is 0 Å². The molecule has 0 aliphatic carbocycles. The number of aromatic nitrogens is 1. The molecule has 0 saturated carbocycles. The Morgan fingerprint density at radius 3 is 3.00 bits per heavy atom. The minimum Gasteiger partial charge on any atom is -0.379 e. The van der Waals surface area contributed by atoms with Crippen molar-refractivity contribution in [2.75, 3.05) is 26.8 Å². The zero-order chi connectivity index (χ0) is 11.4. The highest BCUT2D eigenvalue weighted by atomic mass is 16.5. The van der Waals surface area contributed by atoms with Crippen LogP contribution in [0.2, 0.25) is 0 Å². The fourth-order valence-corrected chi connectivity index (χ4v) is 2.12. The van der Waals surface area contributed by atoms with Crippen LogP contribution < -0.4 is 5.73 Å². The van der Waals surface area contributed by atoms with E-state index in [1.165, 1.54) is 0 Å². The van der Waals surface area contributed by atoms with E-state index in [-0.39, 0.29) is 5.54 Å². The molecule has 0 amide bonds. The fourth-order valence-electron chi connectivity index (χ4n) is 2.12. The highest BCUT2D eigenvalue weighted by Crippen LogP contribution is 2.25. The SMILES string of the molecule is CN(Cc1ccccn1)C1(CN)CCOC1. The molecular weight excluding hydrogens is 202 g/mol. The molecule has 1 saturated heterocycles. The number of hydrogen-bond acceptors (Lipinski definition) is 4. The first kappa shape index (κ1) is 11.5. The second kappa shape index (κ2) is 4.91. The molecule has 4 heteroatoms. The van der Waals surface area contributed by atoms with Crippen LogP contribution in [0.15, 0.2) is 24.4 Å². The molecule has 88 valence electrons. The Bertz CT molecular complexity index is 322. The number of likely N-dealkylation sites (N-methyl/N-ethyl adjacent to an activating group) is 1. The van der Waals surface area contributed by atoms with Crippen molar-refractivity contribution in [1.29, 1.82) is 0 Å². The summed E-state index contributed by atoms with van der Waals surface area (Å²) < 4.78 is 5.47. The zero-order valence-corrected chi connectivity index (χ0v) is 9.72. The molecule has 1 aromatic heterocycles. The van der Waals surface area contributed by atoms with Crippen LogP contribution in [-0.4, -0.2) is 42.2 Å². The summed E-state index contributed by atoms with van der Waals surface area (Å²) in [4.78, 5) is 6.60. The quantitative estimate of drug-likeness (QED) is 0.810. The molecule has 0 spiro atoms. The highest BCUT2D eigenvalue weighted by molar-refractivity contribution is 5.05. The molecule has 1 aromatic rings. The van der Waals surface area contributed by atoms with Crippen LogP contribution in [0.5, 0.6) is 0 Å². The standard InChI is InChI=1S/C12H19N3O/c1-15(8-11-4-2-3-6-14-11)12(9-13)5-7-16-10-12/h2-4,6H,5,7-10,13H2,1H3. The van der Waals surface area contributed by atoms with Gasteiger partial charge >= 0.3 is 0 Å². The Balaban J connectivity index is 2.04. The molecule has 1 aliphatic rings. The predicted molar refractivity (Wildman–Crippen MR) is 62.9 cm³/mol. The van der Waals surface area contributed by atoms with Gasteiger partial charge in [-0.3, -0.25) is 9.88 Å². The predicted octanol–water partition coefficient (Wildman–Crippen LogP) is 0.631. The molecule has 2 rings (SSSR count). The van der Waals surface area contributed by atoms with Crippen molar-refractivity contribution in [2.24, 2.45) is 5.73 Å². The zero-order valence-electron chi connectivity index (χ0n) is 9.72. The van der Waals surface area contributed by atoms with Gasteiger partial charge in [0.15, 0.2) is 0 Å². The summed E-state index contributed by atoms with van der Waals surface area (Å²) >= 11 is 0. The summed E-state index contributed by atoms with van der Waals surface area (Å²) in [7, 11) is 2.09. The average Bonchev–Trinajstić information content (AvgIpc) is 2.80. The van der Waals surface area contributed by atoms with Gasteiger partial charge in [0.2, 0.25) is 0 Å². The normalized spacial score (nSPS) is 25.2. The third-order valence-electron chi connectivity index (χ3n) is 3.40. The van der Waals surface area contributed by atoms with Crippen LogP contribution >= 0.6 is 0 Å². The third-order valence-corrected chi connectivity index (χ3v) is 3.40. The smallest absolute Gasteiger partial charge is 0.0663 e. The summed E-state index contributed by atoms with van der Waals surface area (Å²) in [6, 6.07) is 5.98. The van der Waals surface area contributed by atoms with Gasteiger partial charge in [0.25, 0.3) is 0 Å². The first-order valence-electron chi connectivity index (χ1n) is 5.66. The number of pyridine rings is 1. The van der Waals surface area contributed by atoms with Crippen molar-refractivity contribution in [2.45, 2.75) is 18.5 Å². The Labute approximate surface area is 96.4 Å². The van der Waals surface area contributed by atoms with Gasteiger partial charge in [-0.1, -0.05) is 6.07 Å². The lowest BCUT2D eigenvalue weighted by Crippen LogP contribution is -2.52. The monoisotopic (exact) mass is 221 g/mol. The van der Waals surface area contributed by atoms with E-state index in [0.717, 1.165) is 31.9 Å². The largest absolute Gasteiger partial charge is 0.379 e. The van der Waals surface area contributed by atoms with Gasteiger partial charge in [-0.15, -0.1) is 0 Å². The van der Waals surface area contributed by atoms with Crippen LogP contribution in [0.1, 0.15) is 12.1 Å². The van der Waals surface area contributed by atoms with E-state index in [0.29, 0.717) is 6.54 Å². The molecule has 1 unspecified atom stereocenters. The Hall–Kier alpha value is -0.970. The number of rotatable bonds is 4. The van der Waals surface area contributed by atoms with Crippen LogP contribution in [0.3, 0.4) is 0 Å². The minimum absolute atomic E-state index is 0.00246. The van der Waals surface area contributed by atoms with Gasteiger partial charge < -0.3 is 10.5 Å². The second-order valence-electron chi connectivity index (χ2n) is 4.41. The van der Waals surface area contributed by atoms with Gasteiger partial charge in [-0.25, -0.2) is 0 Å². The lowest BCUT2D eigenvalue weighted by atomic mass is 9.97. The van der Waals surface area contributed by atoms with E-state index < -0.39 is 0 Å². The number of nitrogens with zero attached hydrogens (tertiary/aromatic N) is 2. The van der Waals surface area contributed by atoms with Crippen LogP contribution in [0, 0.1) is 0 Å².